The van der Waals surface area contributed by atoms with Gasteiger partial charge < -0.3 is 14.2 Å². The first kappa shape index (κ1) is 14.5. The fourth-order valence-electron chi connectivity index (χ4n) is 1.68. The average Bonchev–Trinajstić information content (AvgIpc) is 2.35. The molecule has 0 radical (unpaired) electrons. The van der Waals surface area contributed by atoms with Gasteiger partial charge in [0.15, 0.2) is 6.79 Å². The molecule has 0 atom stereocenters. The predicted octanol–water partition coefficient (Wildman–Crippen LogP) is 3.18. The third-order valence-electron chi connectivity index (χ3n) is 2.57. The fourth-order valence-corrected chi connectivity index (χ4v) is 2.38. The van der Waals surface area contributed by atoms with Crippen molar-refractivity contribution in [2.45, 2.75) is 19.8 Å². The summed E-state index contributed by atoms with van der Waals surface area (Å²) in [5.41, 5.74) is 2.57. The van der Waals surface area contributed by atoms with Crippen LogP contribution in [0, 0.1) is 0 Å². The third kappa shape index (κ3) is 3.98. The van der Waals surface area contributed by atoms with E-state index in [1.54, 1.807) is 14.2 Å². The molecular weight excluding hydrogens is 284 g/mol. The molecule has 0 amide bonds. The molecule has 0 aliphatic carbocycles. The number of rotatable bonds is 7. The van der Waals surface area contributed by atoms with Gasteiger partial charge in [-0.1, -0.05) is 13.0 Å². The topological polar surface area (TPSA) is 27.7 Å². The fraction of sp³-hybridized carbons (Fsp3) is 0.538. The van der Waals surface area contributed by atoms with Gasteiger partial charge in [-0.25, -0.2) is 0 Å². The Balaban J connectivity index is 2.95. The maximum atomic E-state index is 5.50. The molecule has 1 aromatic carbocycles. The van der Waals surface area contributed by atoms with E-state index in [0.717, 1.165) is 23.1 Å². The first-order valence-electron chi connectivity index (χ1n) is 5.65. The molecule has 0 spiro atoms. The van der Waals surface area contributed by atoms with E-state index in [4.69, 9.17) is 14.2 Å². The lowest BCUT2D eigenvalue weighted by Gasteiger charge is -2.14. The Labute approximate surface area is 111 Å². The summed E-state index contributed by atoms with van der Waals surface area (Å²) in [5.74, 6) is 0.815. The van der Waals surface area contributed by atoms with Crippen molar-refractivity contribution < 1.29 is 14.2 Å². The molecular formula is C13H19BrO3. The largest absolute Gasteiger partial charge is 0.466 e. The van der Waals surface area contributed by atoms with Crippen molar-refractivity contribution >= 4 is 15.9 Å². The van der Waals surface area contributed by atoms with Crippen molar-refractivity contribution in [1.29, 1.82) is 0 Å². The van der Waals surface area contributed by atoms with E-state index in [2.05, 4.69) is 28.9 Å². The molecule has 17 heavy (non-hydrogen) atoms. The zero-order valence-corrected chi connectivity index (χ0v) is 12.2. The highest BCUT2D eigenvalue weighted by Gasteiger charge is 2.11. The monoisotopic (exact) mass is 302 g/mol. The van der Waals surface area contributed by atoms with Crippen molar-refractivity contribution in [2.75, 3.05) is 27.6 Å². The number of ether oxygens (including phenoxy) is 3. The van der Waals surface area contributed by atoms with Gasteiger partial charge in [-0.2, -0.15) is 0 Å². The van der Waals surface area contributed by atoms with Crippen LogP contribution in [0.4, 0.5) is 0 Å². The highest BCUT2D eigenvalue weighted by Crippen LogP contribution is 2.32. The summed E-state index contributed by atoms with van der Waals surface area (Å²) in [6.45, 7) is 3.11. The Morgan fingerprint density at radius 1 is 1.18 bits per heavy atom. The van der Waals surface area contributed by atoms with Crippen LogP contribution in [0.2, 0.25) is 0 Å². The van der Waals surface area contributed by atoms with Crippen LogP contribution in [-0.2, 0) is 22.3 Å². The smallest absolute Gasteiger partial charge is 0.188 e. The average molecular weight is 303 g/mol. The molecule has 1 aromatic rings. The maximum absolute atomic E-state index is 5.50. The summed E-state index contributed by atoms with van der Waals surface area (Å²) in [6.07, 6.45) is 1.88. The summed E-state index contributed by atoms with van der Waals surface area (Å²) in [4.78, 5) is 0. The number of methoxy groups -OCH3 is 2. The first-order valence-corrected chi connectivity index (χ1v) is 6.44. The summed E-state index contributed by atoms with van der Waals surface area (Å²) < 4.78 is 16.5. The second-order valence-electron chi connectivity index (χ2n) is 3.66. The van der Waals surface area contributed by atoms with Gasteiger partial charge in [0, 0.05) is 14.2 Å². The molecule has 0 heterocycles. The maximum Gasteiger partial charge on any atom is 0.188 e. The van der Waals surface area contributed by atoms with E-state index < -0.39 is 0 Å². The molecule has 0 saturated carbocycles. The molecule has 4 heteroatoms. The zero-order chi connectivity index (χ0) is 12.7. The quantitative estimate of drug-likeness (QED) is 0.724. The molecule has 0 fully saturated rings. The molecule has 0 N–H and O–H groups in total. The Morgan fingerprint density at radius 2 is 1.94 bits per heavy atom. The number of aryl methyl sites for hydroxylation is 1. The second kappa shape index (κ2) is 7.69. The standard InChI is InChI=1S/C13H19BrO3/c1-4-10-5-6-12(17-9-16-3)13(14)11(10)7-8-15-2/h5-6H,4,7-9H2,1-3H3. The molecule has 0 unspecified atom stereocenters. The van der Waals surface area contributed by atoms with Gasteiger partial charge in [0.25, 0.3) is 0 Å². The lowest BCUT2D eigenvalue weighted by atomic mass is 10.0. The highest BCUT2D eigenvalue weighted by atomic mass is 79.9. The SMILES string of the molecule is CCc1ccc(OCOC)c(Br)c1CCOC. The van der Waals surface area contributed by atoms with E-state index in [1.165, 1.54) is 11.1 Å². The van der Waals surface area contributed by atoms with E-state index in [0.29, 0.717) is 6.61 Å². The van der Waals surface area contributed by atoms with Gasteiger partial charge in [0.2, 0.25) is 0 Å². The van der Waals surface area contributed by atoms with Crippen LogP contribution in [-0.4, -0.2) is 27.6 Å². The minimum Gasteiger partial charge on any atom is -0.466 e. The van der Waals surface area contributed by atoms with Crippen LogP contribution < -0.4 is 4.74 Å². The van der Waals surface area contributed by atoms with Gasteiger partial charge in [0.05, 0.1) is 11.1 Å². The van der Waals surface area contributed by atoms with Crippen molar-refractivity contribution in [3.63, 3.8) is 0 Å². The van der Waals surface area contributed by atoms with Crippen molar-refractivity contribution in [3.05, 3.63) is 27.7 Å². The second-order valence-corrected chi connectivity index (χ2v) is 4.46. The highest BCUT2D eigenvalue weighted by molar-refractivity contribution is 9.10. The van der Waals surface area contributed by atoms with E-state index in [1.807, 2.05) is 6.07 Å². The third-order valence-corrected chi connectivity index (χ3v) is 3.44. The molecule has 3 nitrogen and oxygen atoms in total. The Morgan fingerprint density at radius 3 is 2.53 bits per heavy atom. The van der Waals surface area contributed by atoms with Crippen molar-refractivity contribution in [2.24, 2.45) is 0 Å². The van der Waals surface area contributed by atoms with Crippen LogP contribution in [0.3, 0.4) is 0 Å². The van der Waals surface area contributed by atoms with Crippen LogP contribution in [0.5, 0.6) is 5.75 Å². The Hall–Kier alpha value is -0.580. The summed E-state index contributed by atoms with van der Waals surface area (Å²) in [5, 5.41) is 0. The molecule has 96 valence electrons. The van der Waals surface area contributed by atoms with Crippen LogP contribution in [0.1, 0.15) is 18.1 Å². The van der Waals surface area contributed by atoms with E-state index in [9.17, 15) is 0 Å². The number of hydrogen-bond acceptors (Lipinski definition) is 3. The van der Waals surface area contributed by atoms with Crippen LogP contribution >= 0.6 is 15.9 Å². The zero-order valence-electron chi connectivity index (χ0n) is 10.6. The molecule has 0 aromatic heterocycles. The Kier molecular flexibility index (Phi) is 6.55. The molecule has 0 bridgehead atoms. The number of hydrogen-bond donors (Lipinski definition) is 0. The van der Waals surface area contributed by atoms with Crippen molar-refractivity contribution in [1.82, 2.24) is 0 Å². The normalized spacial score (nSPS) is 10.6. The van der Waals surface area contributed by atoms with E-state index >= 15 is 0 Å². The van der Waals surface area contributed by atoms with Gasteiger partial charge >= 0.3 is 0 Å². The van der Waals surface area contributed by atoms with Crippen molar-refractivity contribution in [3.8, 4) is 5.75 Å². The molecule has 0 aliphatic rings. The minimum atomic E-state index is 0.258. The number of benzene rings is 1. The van der Waals surface area contributed by atoms with E-state index in [-0.39, 0.29) is 6.79 Å². The van der Waals surface area contributed by atoms with Gasteiger partial charge in [-0.3, -0.25) is 0 Å². The lowest BCUT2D eigenvalue weighted by Crippen LogP contribution is -2.04. The molecule has 1 rings (SSSR count). The summed E-state index contributed by atoms with van der Waals surface area (Å²) in [7, 11) is 3.32. The number of halogens is 1. The summed E-state index contributed by atoms with van der Waals surface area (Å²) >= 11 is 3.60. The first-order chi connectivity index (χ1) is 8.24. The molecule has 0 saturated heterocycles. The Bertz CT molecular complexity index is 353. The minimum absolute atomic E-state index is 0.258. The molecule has 0 aliphatic heterocycles. The predicted molar refractivity (Wildman–Crippen MR) is 71.6 cm³/mol. The van der Waals surface area contributed by atoms with Gasteiger partial charge in [0.1, 0.15) is 5.75 Å². The van der Waals surface area contributed by atoms with Gasteiger partial charge in [-0.05, 0) is 46.0 Å². The van der Waals surface area contributed by atoms with Gasteiger partial charge in [-0.15, -0.1) is 0 Å². The van der Waals surface area contributed by atoms with Crippen LogP contribution in [0.25, 0.3) is 0 Å². The van der Waals surface area contributed by atoms with Crippen LogP contribution in [0.15, 0.2) is 16.6 Å². The summed E-state index contributed by atoms with van der Waals surface area (Å²) in [6, 6.07) is 4.07. The lowest BCUT2D eigenvalue weighted by molar-refractivity contribution is 0.0505.